The molecule has 0 saturated carbocycles. The molecule has 0 aliphatic heterocycles. The molecule has 0 saturated heterocycles. The molecule has 0 spiro atoms. The Labute approximate surface area is 62.8 Å². The Morgan fingerprint density at radius 2 is 2.18 bits per heavy atom. The van der Waals surface area contributed by atoms with Crippen LogP contribution in [0.3, 0.4) is 0 Å². The number of esters is 1. The fourth-order valence-electron chi connectivity index (χ4n) is 0.324. The lowest BCUT2D eigenvalue weighted by Gasteiger charge is -1.97. The molecule has 0 aromatic carbocycles. The number of carboxylic acids is 1. The number of hydrogen-bond donors (Lipinski definition) is 2. The smallest absolute Gasteiger partial charge is 0.323 e. The molecule has 0 unspecified atom stereocenters. The zero-order valence-electron chi connectivity index (χ0n) is 5.66. The van der Waals surface area contributed by atoms with Gasteiger partial charge in [-0.3, -0.25) is 15.0 Å². The van der Waals surface area contributed by atoms with E-state index in [-0.39, 0.29) is 0 Å². The van der Waals surface area contributed by atoms with E-state index in [4.69, 9.17) is 10.5 Å². The number of carbonyl (C=O) groups is 2. The first-order valence-corrected chi connectivity index (χ1v) is 2.69. The lowest BCUT2D eigenvalue weighted by molar-refractivity contribution is -0.146. The van der Waals surface area contributed by atoms with Gasteiger partial charge in [-0.25, -0.2) is 0 Å². The standard InChI is InChI=1S/C6H7NO4/c1-2-4(7)11-6(10)3-5(8)9/h2,7H,1,3H2,(H,8,9). The van der Waals surface area contributed by atoms with Gasteiger partial charge in [-0.05, 0) is 6.08 Å². The zero-order chi connectivity index (χ0) is 8.85. The van der Waals surface area contributed by atoms with E-state index in [1.807, 2.05) is 0 Å². The number of hydrogen-bond acceptors (Lipinski definition) is 4. The summed E-state index contributed by atoms with van der Waals surface area (Å²) in [5, 5.41) is 14.8. The maximum Gasteiger partial charge on any atom is 0.323 e. The average Bonchev–Trinajstić information content (AvgIpc) is 1.85. The lowest BCUT2D eigenvalue weighted by atomic mass is 10.4. The number of nitrogens with one attached hydrogen (secondary N) is 1. The molecule has 0 aliphatic rings. The van der Waals surface area contributed by atoms with Gasteiger partial charge < -0.3 is 9.84 Å². The molecule has 5 heteroatoms. The molecule has 2 N–H and O–H groups in total. The van der Waals surface area contributed by atoms with Crippen LogP contribution in [0, 0.1) is 5.41 Å². The van der Waals surface area contributed by atoms with Crippen molar-refractivity contribution in [2.24, 2.45) is 0 Å². The van der Waals surface area contributed by atoms with Crippen LogP contribution in [0.25, 0.3) is 0 Å². The van der Waals surface area contributed by atoms with Crippen LogP contribution < -0.4 is 0 Å². The molecule has 0 rings (SSSR count). The van der Waals surface area contributed by atoms with Crippen molar-refractivity contribution in [2.75, 3.05) is 0 Å². The first-order chi connectivity index (χ1) is 5.06. The predicted molar refractivity (Wildman–Crippen MR) is 36.3 cm³/mol. The van der Waals surface area contributed by atoms with Gasteiger partial charge in [-0.15, -0.1) is 0 Å². The quantitative estimate of drug-likeness (QED) is 0.264. The minimum absolute atomic E-state index is 0.448. The van der Waals surface area contributed by atoms with E-state index < -0.39 is 24.3 Å². The van der Waals surface area contributed by atoms with Crippen LogP contribution >= 0.6 is 0 Å². The number of rotatable bonds is 3. The maximum absolute atomic E-state index is 10.4. The van der Waals surface area contributed by atoms with Crippen LogP contribution in [0.5, 0.6) is 0 Å². The first kappa shape index (κ1) is 9.35. The zero-order valence-corrected chi connectivity index (χ0v) is 5.66. The maximum atomic E-state index is 10.4. The summed E-state index contributed by atoms with van der Waals surface area (Å²) in [5.74, 6) is -2.70. The number of carbonyl (C=O) groups excluding carboxylic acids is 1. The van der Waals surface area contributed by atoms with Crippen molar-refractivity contribution < 1.29 is 19.4 Å². The SMILES string of the molecule is C=CC(=N)OC(=O)CC(=O)O. The molecule has 0 bridgehead atoms. The second-order valence-corrected chi connectivity index (χ2v) is 1.61. The summed E-state index contributed by atoms with van der Waals surface area (Å²) in [6.45, 7) is 3.14. The Bertz CT molecular complexity index is 209. The first-order valence-electron chi connectivity index (χ1n) is 2.69. The molecule has 0 atom stereocenters. The second kappa shape index (κ2) is 4.21. The van der Waals surface area contributed by atoms with Crippen molar-refractivity contribution in [3.63, 3.8) is 0 Å². The monoisotopic (exact) mass is 157 g/mol. The third kappa shape index (κ3) is 4.83. The molecule has 5 nitrogen and oxygen atoms in total. The van der Waals surface area contributed by atoms with E-state index in [9.17, 15) is 9.59 Å². The van der Waals surface area contributed by atoms with Crippen LogP contribution in [-0.2, 0) is 14.3 Å². The van der Waals surface area contributed by atoms with Gasteiger partial charge in [-0.2, -0.15) is 0 Å². The molecule has 0 amide bonds. The largest absolute Gasteiger partial charge is 0.481 e. The lowest BCUT2D eigenvalue weighted by Crippen LogP contribution is -2.13. The topological polar surface area (TPSA) is 87.5 Å². The highest BCUT2D eigenvalue weighted by Gasteiger charge is 2.09. The summed E-state index contributed by atoms with van der Waals surface area (Å²) in [6.07, 6.45) is 0.260. The Morgan fingerprint density at radius 1 is 1.64 bits per heavy atom. The van der Waals surface area contributed by atoms with Gasteiger partial charge >= 0.3 is 11.9 Å². The molecule has 0 radical (unpaired) electrons. The summed E-state index contributed by atoms with van der Waals surface area (Å²) < 4.78 is 4.16. The molecule has 0 aromatic rings. The second-order valence-electron chi connectivity index (χ2n) is 1.61. The van der Waals surface area contributed by atoms with E-state index in [0.29, 0.717) is 0 Å². The predicted octanol–water partition coefficient (Wildman–Crippen LogP) is 0.168. The van der Waals surface area contributed by atoms with Gasteiger partial charge in [0.1, 0.15) is 6.42 Å². The Balaban J connectivity index is 3.78. The number of aliphatic carboxylic acids is 1. The van der Waals surface area contributed by atoms with Gasteiger partial charge in [-0.1, -0.05) is 6.58 Å². The van der Waals surface area contributed by atoms with Gasteiger partial charge in [0.25, 0.3) is 0 Å². The Hall–Kier alpha value is -1.65. The normalized spacial score (nSPS) is 8.36. The molecule has 0 heterocycles. The minimum atomic E-state index is -1.29. The Kier molecular flexibility index (Phi) is 3.58. The van der Waals surface area contributed by atoms with Gasteiger partial charge in [0.15, 0.2) is 0 Å². The van der Waals surface area contributed by atoms with Crippen molar-refractivity contribution in [3.05, 3.63) is 12.7 Å². The summed E-state index contributed by atoms with van der Waals surface area (Å²) in [5.41, 5.74) is 0. The molecule has 0 aliphatic carbocycles. The molecule has 11 heavy (non-hydrogen) atoms. The van der Waals surface area contributed by atoms with Crippen LogP contribution in [0.2, 0.25) is 0 Å². The van der Waals surface area contributed by atoms with Crippen molar-refractivity contribution in [1.82, 2.24) is 0 Å². The highest BCUT2D eigenvalue weighted by atomic mass is 16.5. The van der Waals surface area contributed by atoms with Gasteiger partial charge in [0.05, 0.1) is 0 Å². The van der Waals surface area contributed by atoms with Crippen molar-refractivity contribution in [3.8, 4) is 0 Å². The van der Waals surface area contributed by atoms with E-state index in [0.717, 1.165) is 6.08 Å². The summed E-state index contributed by atoms with van der Waals surface area (Å²) >= 11 is 0. The minimum Gasteiger partial charge on any atom is -0.481 e. The van der Waals surface area contributed by atoms with E-state index >= 15 is 0 Å². The Morgan fingerprint density at radius 3 is 2.55 bits per heavy atom. The third-order valence-electron chi connectivity index (χ3n) is 0.705. The summed E-state index contributed by atoms with van der Waals surface area (Å²) in [6, 6.07) is 0. The third-order valence-corrected chi connectivity index (χ3v) is 0.705. The fourth-order valence-corrected chi connectivity index (χ4v) is 0.324. The highest BCUT2D eigenvalue weighted by Crippen LogP contribution is 1.87. The van der Waals surface area contributed by atoms with E-state index in [2.05, 4.69) is 11.3 Å². The highest BCUT2D eigenvalue weighted by molar-refractivity contribution is 5.99. The van der Waals surface area contributed by atoms with Crippen molar-refractivity contribution >= 4 is 17.8 Å². The fraction of sp³-hybridized carbons (Fsp3) is 0.167. The van der Waals surface area contributed by atoms with Crippen LogP contribution in [-0.4, -0.2) is 22.9 Å². The number of carboxylic acid groups (broad SMARTS) is 1. The summed E-state index contributed by atoms with van der Waals surface area (Å²) in [7, 11) is 0. The van der Waals surface area contributed by atoms with Crippen LogP contribution in [0.1, 0.15) is 6.42 Å². The average molecular weight is 157 g/mol. The van der Waals surface area contributed by atoms with Crippen molar-refractivity contribution in [1.29, 1.82) is 5.41 Å². The van der Waals surface area contributed by atoms with Gasteiger partial charge in [0, 0.05) is 0 Å². The van der Waals surface area contributed by atoms with Gasteiger partial charge in [0.2, 0.25) is 5.90 Å². The van der Waals surface area contributed by atoms with E-state index in [1.165, 1.54) is 0 Å². The number of ether oxygens (including phenoxy) is 1. The van der Waals surface area contributed by atoms with E-state index in [1.54, 1.807) is 0 Å². The van der Waals surface area contributed by atoms with Crippen LogP contribution in [0.4, 0.5) is 0 Å². The molecule has 0 fully saturated rings. The van der Waals surface area contributed by atoms with Crippen LogP contribution in [0.15, 0.2) is 12.7 Å². The van der Waals surface area contributed by atoms with Crippen molar-refractivity contribution in [2.45, 2.75) is 6.42 Å². The summed E-state index contributed by atoms with van der Waals surface area (Å²) in [4.78, 5) is 20.3. The molecular formula is C6H7NO4. The molecular weight excluding hydrogens is 150 g/mol. The molecule has 0 aromatic heterocycles. The molecule has 60 valence electrons.